The van der Waals surface area contributed by atoms with Gasteiger partial charge in [0.05, 0.1) is 11.0 Å². The summed E-state index contributed by atoms with van der Waals surface area (Å²) in [6.07, 6.45) is 0. The van der Waals surface area contributed by atoms with Crippen LogP contribution in [-0.4, -0.2) is 9.55 Å². The monoisotopic (exact) mass is 267 g/mol. The van der Waals surface area contributed by atoms with Gasteiger partial charge < -0.3 is 15.0 Å². The van der Waals surface area contributed by atoms with Crippen molar-refractivity contribution in [2.24, 2.45) is 7.05 Å². The Hall–Kier alpha value is -2.49. The molecule has 0 radical (unpaired) electrons. The molecule has 1 aromatic heterocycles. The first-order valence-corrected chi connectivity index (χ1v) is 6.54. The van der Waals surface area contributed by atoms with E-state index >= 15 is 0 Å². The van der Waals surface area contributed by atoms with Crippen molar-refractivity contribution < 1.29 is 4.74 Å². The highest BCUT2D eigenvalue weighted by Gasteiger charge is 2.08. The Morgan fingerprint density at radius 3 is 2.65 bits per heavy atom. The van der Waals surface area contributed by atoms with Crippen molar-refractivity contribution in [1.29, 1.82) is 0 Å². The minimum atomic E-state index is 0.439. The quantitative estimate of drug-likeness (QED) is 0.742. The second-order valence-corrected chi connectivity index (χ2v) is 4.94. The fraction of sp³-hybridized carbons (Fsp3) is 0.188. The van der Waals surface area contributed by atoms with E-state index in [0.717, 1.165) is 28.3 Å². The fourth-order valence-electron chi connectivity index (χ4n) is 2.20. The van der Waals surface area contributed by atoms with Gasteiger partial charge in [-0.05, 0) is 48.9 Å². The van der Waals surface area contributed by atoms with Gasteiger partial charge in [0, 0.05) is 12.7 Å². The molecule has 0 saturated carbocycles. The zero-order valence-corrected chi connectivity index (χ0v) is 11.6. The van der Waals surface area contributed by atoms with Crippen LogP contribution in [0.4, 0.5) is 5.69 Å². The van der Waals surface area contributed by atoms with Crippen LogP contribution in [0.2, 0.25) is 0 Å². The number of fused-ring (bicyclic) bond motifs is 1. The van der Waals surface area contributed by atoms with Gasteiger partial charge in [-0.3, -0.25) is 0 Å². The first kappa shape index (κ1) is 12.5. The minimum Gasteiger partial charge on any atom is -0.486 e. The van der Waals surface area contributed by atoms with Gasteiger partial charge in [-0.2, -0.15) is 0 Å². The molecule has 0 saturated heterocycles. The third kappa shape index (κ3) is 2.32. The zero-order chi connectivity index (χ0) is 14.1. The number of nitrogens with zero attached hydrogens (tertiary/aromatic N) is 2. The second kappa shape index (κ2) is 4.89. The molecule has 4 nitrogen and oxygen atoms in total. The average molecular weight is 267 g/mol. The molecule has 102 valence electrons. The molecular weight excluding hydrogens is 250 g/mol. The van der Waals surface area contributed by atoms with Gasteiger partial charge in [-0.1, -0.05) is 6.07 Å². The Kier molecular flexibility index (Phi) is 3.06. The number of aryl methyl sites for hydroxylation is 2. The molecule has 0 bridgehead atoms. The van der Waals surface area contributed by atoms with E-state index in [1.165, 1.54) is 5.56 Å². The Labute approximate surface area is 117 Å². The Morgan fingerprint density at radius 1 is 1.15 bits per heavy atom. The lowest BCUT2D eigenvalue weighted by Gasteiger charge is -2.06. The van der Waals surface area contributed by atoms with E-state index in [-0.39, 0.29) is 0 Å². The van der Waals surface area contributed by atoms with Crippen LogP contribution in [0.3, 0.4) is 0 Å². The molecule has 1 heterocycles. The Balaban J connectivity index is 1.84. The summed E-state index contributed by atoms with van der Waals surface area (Å²) in [6.45, 7) is 2.51. The zero-order valence-electron chi connectivity index (χ0n) is 11.6. The predicted molar refractivity (Wildman–Crippen MR) is 80.6 cm³/mol. The van der Waals surface area contributed by atoms with Gasteiger partial charge in [-0.25, -0.2) is 4.98 Å². The molecule has 0 fully saturated rings. The molecule has 20 heavy (non-hydrogen) atoms. The number of benzene rings is 2. The Morgan fingerprint density at radius 2 is 1.90 bits per heavy atom. The largest absolute Gasteiger partial charge is 0.486 e. The summed E-state index contributed by atoms with van der Waals surface area (Å²) in [4.78, 5) is 4.62. The van der Waals surface area contributed by atoms with Crippen molar-refractivity contribution in [2.45, 2.75) is 13.5 Å². The van der Waals surface area contributed by atoms with E-state index in [2.05, 4.69) is 34.7 Å². The molecule has 0 spiro atoms. The summed E-state index contributed by atoms with van der Waals surface area (Å²) in [5.74, 6) is 1.70. The number of nitrogen functional groups attached to an aromatic ring is 1. The summed E-state index contributed by atoms with van der Waals surface area (Å²) in [5.41, 5.74) is 9.71. The van der Waals surface area contributed by atoms with Gasteiger partial charge in [0.25, 0.3) is 0 Å². The molecular formula is C16H17N3O. The van der Waals surface area contributed by atoms with E-state index in [9.17, 15) is 0 Å². The molecule has 0 aliphatic rings. The maximum Gasteiger partial charge on any atom is 0.147 e. The molecule has 0 aliphatic carbocycles. The fourth-order valence-corrected chi connectivity index (χ4v) is 2.20. The predicted octanol–water partition coefficient (Wildman–Crippen LogP) is 3.04. The molecule has 0 atom stereocenters. The van der Waals surface area contributed by atoms with Crippen LogP contribution < -0.4 is 10.5 Å². The van der Waals surface area contributed by atoms with Crippen molar-refractivity contribution in [2.75, 3.05) is 5.73 Å². The van der Waals surface area contributed by atoms with Crippen LogP contribution in [0.15, 0.2) is 42.5 Å². The van der Waals surface area contributed by atoms with Crippen LogP contribution in [0, 0.1) is 6.92 Å². The van der Waals surface area contributed by atoms with E-state index in [1.54, 1.807) is 0 Å². The SMILES string of the molecule is Cc1ccc2c(c1)nc(COc1ccc(N)cc1)n2C. The first-order chi connectivity index (χ1) is 9.63. The normalized spacial score (nSPS) is 10.9. The third-order valence-corrected chi connectivity index (χ3v) is 3.38. The van der Waals surface area contributed by atoms with E-state index in [1.807, 2.05) is 31.3 Å². The smallest absolute Gasteiger partial charge is 0.147 e. The first-order valence-electron chi connectivity index (χ1n) is 6.54. The lowest BCUT2D eigenvalue weighted by molar-refractivity contribution is 0.292. The summed E-state index contributed by atoms with van der Waals surface area (Å²) < 4.78 is 7.81. The maximum absolute atomic E-state index is 5.75. The van der Waals surface area contributed by atoms with Crippen LogP contribution in [0.1, 0.15) is 11.4 Å². The highest BCUT2D eigenvalue weighted by Crippen LogP contribution is 2.19. The summed E-state index contributed by atoms with van der Waals surface area (Å²) in [6, 6.07) is 13.6. The van der Waals surface area contributed by atoms with Gasteiger partial charge >= 0.3 is 0 Å². The number of hydrogen-bond donors (Lipinski definition) is 1. The lowest BCUT2D eigenvalue weighted by atomic mass is 10.2. The molecule has 2 aromatic carbocycles. The molecule has 0 aliphatic heterocycles. The highest BCUT2D eigenvalue weighted by atomic mass is 16.5. The number of ether oxygens (including phenoxy) is 1. The summed E-state index contributed by atoms with van der Waals surface area (Å²) in [7, 11) is 2.01. The van der Waals surface area contributed by atoms with Gasteiger partial charge in [-0.15, -0.1) is 0 Å². The van der Waals surface area contributed by atoms with Crippen molar-refractivity contribution in [3.05, 3.63) is 53.9 Å². The topological polar surface area (TPSA) is 53.1 Å². The molecule has 0 unspecified atom stereocenters. The van der Waals surface area contributed by atoms with E-state index < -0.39 is 0 Å². The van der Waals surface area contributed by atoms with Crippen molar-refractivity contribution >= 4 is 16.7 Å². The van der Waals surface area contributed by atoms with Gasteiger partial charge in [0.15, 0.2) is 0 Å². The van der Waals surface area contributed by atoms with Crippen LogP contribution in [0.25, 0.3) is 11.0 Å². The summed E-state index contributed by atoms with van der Waals surface area (Å²) >= 11 is 0. The molecule has 4 heteroatoms. The van der Waals surface area contributed by atoms with Gasteiger partial charge in [0.2, 0.25) is 0 Å². The van der Waals surface area contributed by atoms with E-state index in [4.69, 9.17) is 10.5 Å². The van der Waals surface area contributed by atoms with Crippen molar-refractivity contribution in [1.82, 2.24) is 9.55 Å². The third-order valence-electron chi connectivity index (χ3n) is 3.38. The molecule has 3 rings (SSSR count). The van der Waals surface area contributed by atoms with E-state index in [0.29, 0.717) is 6.61 Å². The molecule has 0 amide bonds. The standard InChI is InChI=1S/C16H17N3O/c1-11-3-8-15-14(9-11)18-16(19(15)2)10-20-13-6-4-12(17)5-7-13/h3-9H,10,17H2,1-2H3. The van der Waals surface area contributed by atoms with Crippen LogP contribution in [0.5, 0.6) is 5.75 Å². The lowest BCUT2D eigenvalue weighted by Crippen LogP contribution is -2.03. The minimum absolute atomic E-state index is 0.439. The number of hydrogen-bond acceptors (Lipinski definition) is 3. The molecule has 3 aromatic rings. The van der Waals surface area contributed by atoms with Gasteiger partial charge in [0.1, 0.15) is 18.2 Å². The van der Waals surface area contributed by atoms with Crippen LogP contribution in [-0.2, 0) is 13.7 Å². The number of imidazole rings is 1. The van der Waals surface area contributed by atoms with Crippen LogP contribution >= 0.6 is 0 Å². The summed E-state index contributed by atoms with van der Waals surface area (Å²) in [5, 5.41) is 0. The number of anilines is 1. The number of nitrogens with two attached hydrogens (primary N) is 1. The molecule has 2 N–H and O–H groups in total. The van der Waals surface area contributed by atoms with Crippen molar-refractivity contribution in [3.63, 3.8) is 0 Å². The second-order valence-electron chi connectivity index (χ2n) is 4.94. The Bertz CT molecular complexity index is 744. The average Bonchev–Trinajstić information content (AvgIpc) is 2.74. The number of aromatic nitrogens is 2. The maximum atomic E-state index is 5.75. The highest BCUT2D eigenvalue weighted by molar-refractivity contribution is 5.76. The van der Waals surface area contributed by atoms with Crippen molar-refractivity contribution in [3.8, 4) is 5.75 Å². The number of rotatable bonds is 3.